The molecule has 0 aliphatic rings. The molecule has 0 aliphatic heterocycles. The zero-order valence-electron chi connectivity index (χ0n) is 17.5. The number of amides is 1. The fraction of sp³-hybridized carbons (Fsp3) is 0.600. The molecule has 0 heterocycles. The van der Waals surface area contributed by atoms with Crippen LogP contribution in [0.2, 0.25) is 0 Å². The van der Waals surface area contributed by atoms with E-state index in [1.165, 1.54) is 0 Å². The van der Waals surface area contributed by atoms with Crippen molar-refractivity contribution in [2.24, 2.45) is 0 Å². The summed E-state index contributed by atoms with van der Waals surface area (Å²) in [5, 5.41) is 9.42. The third kappa shape index (κ3) is 10.2. The molecule has 8 heteroatoms. The van der Waals surface area contributed by atoms with Crippen LogP contribution in [0.5, 0.6) is 11.5 Å². The molecule has 1 aromatic carbocycles. The van der Waals surface area contributed by atoms with Gasteiger partial charge in [0.2, 0.25) is 0 Å². The van der Waals surface area contributed by atoms with Crippen LogP contribution in [-0.4, -0.2) is 49.7 Å². The van der Waals surface area contributed by atoms with Crippen LogP contribution in [0.25, 0.3) is 0 Å². The maximum absolute atomic E-state index is 11.5. The second kappa shape index (κ2) is 12.3. The molecule has 1 rings (SSSR count). The van der Waals surface area contributed by atoms with Crippen molar-refractivity contribution in [2.75, 3.05) is 32.8 Å². The normalized spacial score (nSPS) is 10.8. The number of carbonyl (C=O) groups is 1. The minimum absolute atomic E-state index is 0.424. The highest BCUT2D eigenvalue weighted by atomic mass is 32.1. The molecule has 0 aliphatic carbocycles. The lowest BCUT2D eigenvalue weighted by molar-refractivity contribution is 0.0529. The molecule has 0 radical (unpaired) electrons. The summed E-state index contributed by atoms with van der Waals surface area (Å²) in [4.78, 5) is 11.5. The Balaban J connectivity index is 2.29. The maximum Gasteiger partial charge on any atom is 0.407 e. The summed E-state index contributed by atoms with van der Waals surface area (Å²) in [7, 11) is 0. The Morgan fingerprint density at radius 2 is 1.57 bits per heavy atom. The Hall–Kier alpha value is -2.22. The van der Waals surface area contributed by atoms with Gasteiger partial charge >= 0.3 is 6.09 Å². The van der Waals surface area contributed by atoms with Crippen molar-refractivity contribution >= 4 is 23.4 Å². The van der Waals surface area contributed by atoms with E-state index in [0.29, 0.717) is 38.0 Å². The molecule has 158 valence electrons. The molecule has 0 aromatic heterocycles. The SMILES string of the molecule is CCOc1ccc(CCNC(=S)NCCNC(=O)OC(C)(C)C)cc1OCC. The van der Waals surface area contributed by atoms with Crippen LogP contribution in [0, 0.1) is 0 Å². The lowest BCUT2D eigenvalue weighted by Crippen LogP contribution is -2.41. The molecule has 0 saturated heterocycles. The van der Waals surface area contributed by atoms with E-state index in [0.717, 1.165) is 23.5 Å². The predicted octanol–water partition coefficient (Wildman–Crippen LogP) is 3.02. The highest BCUT2D eigenvalue weighted by Crippen LogP contribution is 2.28. The molecule has 3 N–H and O–H groups in total. The van der Waals surface area contributed by atoms with Gasteiger partial charge < -0.3 is 30.2 Å². The van der Waals surface area contributed by atoms with Crippen LogP contribution < -0.4 is 25.4 Å². The minimum atomic E-state index is -0.503. The van der Waals surface area contributed by atoms with E-state index < -0.39 is 11.7 Å². The summed E-state index contributed by atoms with van der Waals surface area (Å²) >= 11 is 5.25. The van der Waals surface area contributed by atoms with Gasteiger partial charge in [-0.1, -0.05) is 6.07 Å². The molecule has 0 saturated carbocycles. The summed E-state index contributed by atoms with van der Waals surface area (Å²) in [6, 6.07) is 5.95. The van der Waals surface area contributed by atoms with Gasteiger partial charge in [-0.25, -0.2) is 4.79 Å². The van der Waals surface area contributed by atoms with E-state index in [2.05, 4.69) is 16.0 Å². The standard InChI is InChI=1S/C20H33N3O4S/c1-6-25-16-9-8-15(14-17(16)26-7-2)10-11-21-18(28)22-12-13-23-19(24)27-20(3,4)5/h8-9,14H,6-7,10-13H2,1-5H3,(H,23,24)(H2,21,22,28). The van der Waals surface area contributed by atoms with E-state index in [4.69, 9.17) is 26.4 Å². The number of carbonyl (C=O) groups excluding carboxylic acids is 1. The van der Waals surface area contributed by atoms with Gasteiger partial charge in [0.1, 0.15) is 5.60 Å². The molecular formula is C20H33N3O4S. The summed E-state index contributed by atoms with van der Waals surface area (Å²) in [5.41, 5.74) is 0.630. The van der Waals surface area contributed by atoms with Crippen molar-refractivity contribution in [1.82, 2.24) is 16.0 Å². The number of hydrogen-bond acceptors (Lipinski definition) is 5. The van der Waals surface area contributed by atoms with E-state index in [1.54, 1.807) is 0 Å². The third-order valence-electron chi connectivity index (χ3n) is 3.39. The Labute approximate surface area is 173 Å². The van der Waals surface area contributed by atoms with Crippen molar-refractivity contribution in [1.29, 1.82) is 0 Å². The summed E-state index contributed by atoms with van der Waals surface area (Å²) in [5.74, 6) is 1.52. The average Bonchev–Trinajstić information content (AvgIpc) is 2.60. The lowest BCUT2D eigenvalue weighted by atomic mass is 10.1. The molecule has 1 amide bonds. The number of nitrogens with one attached hydrogen (secondary N) is 3. The van der Waals surface area contributed by atoms with Gasteiger partial charge in [-0.2, -0.15) is 0 Å². The van der Waals surface area contributed by atoms with Crippen molar-refractivity contribution in [3.8, 4) is 11.5 Å². The second-order valence-corrected chi connectivity index (χ2v) is 7.42. The summed E-state index contributed by atoms with van der Waals surface area (Å²) < 4.78 is 16.4. The van der Waals surface area contributed by atoms with Crippen molar-refractivity contribution in [3.63, 3.8) is 0 Å². The Bertz CT molecular complexity index is 632. The smallest absolute Gasteiger partial charge is 0.407 e. The van der Waals surface area contributed by atoms with E-state index in [9.17, 15) is 4.79 Å². The van der Waals surface area contributed by atoms with Crippen LogP contribution in [-0.2, 0) is 11.2 Å². The van der Waals surface area contributed by atoms with E-state index >= 15 is 0 Å². The van der Waals surface area contributed by atoms with Crippen LogP contribution in [0.4, 0.5) is 4.79 Å². The maximum atomic E-state index is 11.5. The van der Waals surface area contributed by atoms with Gasteiger partial charge in [0, 0.05) is 19.6 Å². The second-order valence-electron chi connectivity index (χ2n) is 7.01. The van der Waals surface area contributed by atoms with E-state index in [-0.39, 0.29) is 0 Å². The quantitative estimate of drug-likeness (QED) is 0.403. The fourth-order valence-electron chi connectivity index (χ4n) is 2.29. The average molecular weight is 412 g/mol. The predicted molar refractivity (Wildman–Crippen MR) is 115 cm³/mol. The number of alkyl carbamates (subject to hydrolysis) is 1. The van der Waals surface area contributed by atoms with Gasteiger partial charge in [-0.15, -0.1) is 0 Å². The highest BCUT2D eigenvalue weighted by Gasteiger charge is 2.15. The molecule has 0 atom stereocenters. The van der Waals surface area contributed by atoms with Crippen molar-refractivity contribution in [3.05, 3.63) is 23.8 Å². The number of thiocarbonyl (C=S) groups is 1. The topological polar surface area (TPSA) is 80.9 Å². The van der Waals surface area contributed by atoms with E-state index in [1.807, 2.05) is 52.8 Å². The molecule has 7 nitrogen and oxygen atoms in total. The van der Waals surface area contributed by atoms with Crippen molar-refractivity contribution in [2.45, 2.75) is 46.6 Å². The van der Waals surface area contributed by atoms with Crippen LogP contribution in [0.3, 0.4) is 0 Å². The number of ether oxygens (including phenoxy) is 3. The molecule has 0 fully saturated rings. The first-order valence-electron chi connectivity index (χ1n) is 9.62. The Kier molecular flexibility index (Phi) is 10.4. The molecule has 0 bridgehead atoms. The van der Waals surface area contributed by atoms with Crippen molar-refractivity contribution < 1.29 is 19.0 Å². The first kappa shape index (κ1) is 23.8. The highest BCUT2D eigenvalue weighted by molar-refractivity contribution is 7.80. The molecule has 28 heavy (non-hydrogen) atoms. The monoisotopic (exact) mass is 411 g/mol. The third-order valence-corrected chi connectivity index (χ3v) is 3.67. The van der Waals surface area contributed by atoms with Crippen LogP contribution in [0.15, 0.2) is 18.2 Å². The van der Waals surface area contributed by atoms with Gasteiger partial charge in [-0.05, 0) is 71.0 Å². The first-order valence-corrected chi connectivity index (χ1v) is 10.0. The number of rotatable bonds is 10. The van der Waals surface area contributed by atoms with Crippen LogP contribution >= 0.6 is 12.2 Å². The lowest BCUT2D eigenvalue weighted by Gasteiger charge is -2.19. The zero-order chi connectivity index (χ0) is 21.0. The largest absolute Gasteiger partial charge is 0.490 e. The molecule has 1 aromatic rings. The zero-order valence-corrected chi connectivity index (χ0v) is 18.3. The molecule has 0 unspecified atom stereocenters. The van der Waals surface area contributed by atoms with Gasteiger partial charge in [-0.3, -0.25) is 0 Å². The van der Waals surface area contributed by atoms with Gasteiger partial charge in [0.05, 0.1) is 13.2 Å². The van der Waals surface area contributed by atoms with Gasteiger partial charge in [0.15, 0.2) is 16.6 Å². The van der Waals surface area contributed by atoms with Gasteiger partial charge in [0.25, 0.3) is 0 Å². The Morgan fingerprint density at radius 3 is 2.21 bits per heavy atom. The minimum Gasteiger partial charge on any atom is -0.490 e. The number of benzene rings is 1. The fourth-order valence-corrected chi connectivity index (χ4v) is 2.49. The summed E-state index contributed by atoms with van der Waals surface area (Å²) in [6.07, 6.45) is 0.360. The first-order chi connectivity index (χ1) is 13.2. The molecule has 0 spiro atoms. The summed E-state index contributed by atoms with van der Waals surface area (Å²) in [6.45, 7) is 12.2. The molecular weight excluding hydrogens is 378 g/mol. The Morgan fingerprint density at radius 1 is 0.964 bits per heavy atom. The number of hydrogen-bond donors (Lipinski definition) is 3. The van der Waals surface area contributed by atoms with Crippen LogP contribution in [0.1, 0.15) is 40.2 Å².